The second-order valence-corrected chi connectivity index (χ2v) is 5.97. The molecule has 1 amide bonds. The first-order chi connectivity index (χ1) is 9.00. The Kier molecular flexibility index (Phi) is 3.66. The number of benzene rings is 2. The summed E-state index contributed by atoms with van der Waals surface area (Å²) in [6.45, 7) is 1.40. The van der Waals surface area contributed by atoms with Crippen molar-refractivity contribution in [2.24, 2.45) is 0 Å². The number of sulfone groups is 1. The van der Waals surface area contributed by atoms with Crippen molar-refractivity contribution >= 4 is 21.4 Å². The van der Waals surface area contributed by atoms with Gasteiger partial charge >= 0.3 is 0 Å². The van der Waals surface area contributed by atoms with Gasteiger partial charge in [-0.2, -0.15) is 0 Å². The smallest absolute Gasteiger partial charge is 0.221 e. The lowest BCUT2D eigenvalue weighted by atomic mass is 10.3. The van der Waals surface area contributed by atoms with E-state index in [0.29, 0.717) is 5.69 Å². The molecule has 0 heterocycles. The number of carbonyl (C=O) groups is 1. The SMILES string of the molecule is CC(=O)Nc1ccc(S(=O)(=O)c2ccccc2)cc1. The highest BCUT2D eigenvalue weighted by atomic mass is 32.2. The molecule has 0 atom stereocenters. The number of nitrogens with one attached hydrogen (secondary N) is 1. The van der Waals surface area contributed by atoms with E-state index in [2.05, 4.69) is 5.32 Å². The van der Waals surface area contributed by atoms with Gasteiger partial charge in [0, 0.05) is 12.6 Å². The van der Waals surface area contributed by atoms with Crippen LogP contribution in [0.1, 0.15) is 6.92 Å². The van der Waals surface area contributed by atoms with Gasteiger partial charge < -0.3 is 5.32 Å². The van der Waals surface area contributed by atoms with Crippen LogP contribution in [0.5, 0.6) is 0 Å². The van der Waals surface area contributed by atoms with Crippen molar-refractivity contribution in [3.8, 4) is 0 Å². The minimum absolute atomic E-state index is 0.196. The number of rotatable bonds is 3. The monoisotopic (exact) mass is 275 g/mol. The molecule has 0 saturated heterocycles. The Balaban J connectivity index is 2.35. The van der Waals surface area contributed by atoms with Gasteiger partial charge in [0.25, 0.3) is 0 Å². The average molecular weight is 275 g/mol. The lowest BCUT2D eigenvalue weighted by molar-refractivity contribution is -0.114. The minimum atomic E-state index is -3.50. The Bertz CT molecular complexity index is 676. The minimum Gasteiger partial charge on any atom is -0.326 e. The molecule has 0 aliphatic heterocycles. The van der Waals surface area contributed by atoms with E-state index in [1.165, 1.54) is 19.1 Å². The lowest BCUT2D eigenvalue weighted by Crippen LogP contribution is -2.06. The Hall–Kier alpha value is -2.14. The fraction of sp³-hybridized carbons (Fsp3) is 0.0714. The Morgan fingerprint density at radius 3 is 1.95 bits per heavy atom. The summed E-state index contributed by atoms with van der Waals surface area (Å²) in [7, 11) is -3.50. The molecule has 0 spiro atoms. The van der Waals surface area contributed by atoms with E-state index in [1.807, 2.05) is 0 Å². The quantitative estimate of drug-likeness (QED) is 0.936. The van der Waals surface area contributed by atoms with E-state index in [9.17, 15) is 13.2 Å². The first-order valence-electron chi connectivity index (χ1n) is 5.68. The fourth-order valence-electron chi connectivity index (χ4n) is 1.66. The van der Waals surface area contributed by atoms with Crippen LogP contribution in [-0.4, -0.2) is 14.3 Å². The predicted octanol–water partition coefficient (Wildman–Crippen LogP) is 2.48. The molecule has 0 unspecified atom stereocenters. The van der Waals surface area contributed by atoms with Crippen molar-refractivity contribution in [3.05, 3.63) is 54.6 Å². The summed E-state index contributed by atoms with van der Waals surface area (Å²) in [5.74, 6) is -0.196. The first-order valence-corrected chi connectivity index (χ1v) is 7.16. The molecule has 5 heteroatoms. The summed E-state index contributed by atoms with van der Waals surface area (Å²) in [6, 6.07) is 14.3. The van der Waals surface area contributed by atoms with E-state index in [0.717, 1.165) is 0 Å². The second-order valence-electron chi connectivity index (χ2n) is 4.02. The molecule has 1 N–H and O–H groups in total. The zero-order valence-corrected chi connectivity index (χ0v) is 11.1. The molecule has 2 rings (SSSR count). The summed E-state index contributed by atoms with van der Waals surface area (Å²) in [6.07, 6.45) is 0. The van der Waals surface area contributed by atoms with Crippen LogP contribution in [0.2, 0.25) is 0 Å². The second kappa shape index (κ2) is 5.24. The van der Waals surface area contributed by atoms with Crippen LogP contribution < -0.4 is 5.32 Å². The highest BCUT2D eigenvalue weighted by molar-refractivity contribution is 7.91. The molecule has 0 aliphatic carbocycles. The van der Waals surface area contributed by atoms with E-state index in [-0.39, 0.29) is 15.7 Å². The van der Waals surface area contributed by atoms with Gasteiger partial charge in [0.15, 0.2) is 0 Å². The summed E-state index contributed by atoms with van der Waals surface area (Å²) in [5, 5.41) is 2.59. The van der Waals surface area contributed by atoms with Crippen LogP contribution >= 0.6 is 0 Å². The largest absolute Gasteiger partial charge is 0.326 e. The maximum absolute atomic E-state index is 12.3. The number of hydrogen-bond acceptors (Lipinski definition) is 3. The molecule has 2 aromatic carbocycles. The van der Waals surface area contributed by atoms with E-state index >= 15 is 0 Å². The van der Waals surface area contributed by atoms with Crippen molar-refractivity contribution in [3.63, 3.8) is 0 Å². The molecule has 19 heavy (non-hydrogen) atoms. The molecule has 4 nitrogen and oxygen atoms in total. The van der Waals surface area contributed by atoms with Crippen LogP contribution in [0.15, 0.2) is 64.4 Å². The lowest BCUT2D eigenvalue weighted by Gasteiger charge is -2.06. The average Bonchev–Trinajstić information content (AvgIpc) is 2.40. The van der Waals surface area contributed by atoms with Gasteiger partial charge in [-0.3, -0.25) is 4.79 Å². The number of carbonyl (C=O) groups excluding carboxylic acids is 1. The third-order valence-electron chi connectivity index (χ3n) is 2.54. The van der Waals surface area contributed by atoms with Crippen molar-refractivity contribution in [1.29, 1.82) is 0 Å². The molecule has 0 fully saturated rings. The summed E-state index contributed by atoms with van der Waals surface area (Å²) in [5.41, 5.74) is 0.569. The van der Waals surface area contributed by atoms with Crippen molar-refractivity contribution < 1.29 is 13.2 Å². The molecular formula is C14H13NO3S. The van der Waals surface area contributed by atoms with Crippen LogP contribution in [0, 0.1) is 0 Å². The van der Waals surface area contributed by atoms with Crippen molar-refractivity contribution in [2.45, 2.75) is 16.7 Å². The van der Waals surface area contributed by atoms with Crippen LogP contribution in [0.3, 0.4) is 0 Å². The number of amides is 1. The predicted molar refractivity (Wildman–Crippen MR) is 72.6 cm³/mol. The summed E-state index contributed by atoms with van der Waals surface area (Å²) >= 11 is 0. The third kappa shape index (κ3) is 3.00. The van der Waals surface area contributed by atoms with Gasteiger partial charge in [-0.05, 0) is 36.4 Å². The first kappa shape index (κ1) is 13.3. The molecular weight excluding hydrogens is 262 g/mol. The standard InChI is InChI=1S/C14H13NO3S/c1-11(16)15-12-7-9-14(10-8-12)19(17,18)13-5-3-2-4-6-13/h2-10H,1H3,(H,15,16). The van der Waals surface area contributed by atoms with Crippen molar-refractivity contribution in [1.82, 2.24) is 0 Å². The van der Waals surface area contributed by atoms with E-state index in [1.54, 1.807) is 42.5 Å². The zero-order valence-electron chi connectivity index (χ0n) is 10.3. The zero-order chi connectivity index (χ0) is 13.9. The van der Waals surface area contributed by atoms with E-state index < -0.39 is 9.84 Å². The molecule has 0 radical (unpaired) electrons. The van der Waals surface area contributed by atoms with Gasteiger partial charge in [0.05, 0.1) is 9.79 Å². The maximum Gasteiger partial charge on any atom is 0.221 e. The molecule has 0 bridgehead atoms. The van der Waals surface area contributed by atoms with Gasteiger partial charge in [-0.15, -0.1) is 0 Å². The number of anilines is 1. The van der Waals surface area contributed by atoms with Gasteiger partial charge in [0.2, 0.25) is 15.7 Å². The van der Waals surface area contributed by atoms with Crippen LogP contribution in [-0.2, 0) is 14.6 Å². The fourth-order valence-corrected chi connectivity index (χ4v) is 2.94. The Morgan fingerprint density at radius 1 is 0.895 bits per heavy atom. The van der Waals surface area contributed by atoms with Gasteiger partial charge in [-0.25, -0.2) is 8.42 Å². The highest BCUT2D eigenvalue weighted by Gasteiger charge is 2.16. The van der Waals surface area contributed by atoms with Gasteiger partial charge in [-0.1, -0.05) is 18.2 Å². The Morgan fingerprint density at radius 2 is 1.42 bits per heavy atom. The molecule has 0 aromatic heterocycles. The normalized spacial score (nSPS) is 11.0. The summed E-state index contributed by atoms with van der Waals surface area (Å²) in [4.78, 5) is 11.3. The third-order valence-corrected chi connectivity index (χ3v) is 4.32. The number of hydrogen-bond donors (Lipinski definition) is 1. The topological polar surface area (TPSA) is 63.2 Å². The molecule has 98 valence electrons. The van der Waals surface area contributed by atoms with Gasteiger partial charge in [0.1, 0.15) is 0 Å². The van der Waals surface area contributed by atoms with Crippen molar-refractivity contribution in [2.75, 3.05) is 5.32 Å². The highest BCUT2D eigenvalue weighted by Crippen LogP contribution is 2.21. The summed E-state index contributed by atoms with van der Waals surface area (Å²) < 4.78 is 24.6. The van der Waals surface area contributed by atoms with Crippen LogP contribution in [0.25, 0.3) is 0 Å². The molecule has 0 saturated carbocycles. The maximum atomic E-state index is 12.3. The Labute approximate surface area is 112 Å². The van der Waals surface area contributed by atoms with E-state index in [4.69, 9.17) is 0 Å². The molecule has 0 aliphatic rings. The molecule has 2 aromatic rings. The van der Waals surface area contributed by atoms with Crippen LogP contribution in [0.4, 0.5) is 5.69 Å².